The maximum absolute atomic E-state index is 12.1. The molecule has 12 heteroatoms. The Morgan fingerprint density at radius 2 is 1.40 bits per heavy atom. The van der Waals surface area contributed by atoms with Crippen LogP contribution in [-0.2, 0) is 24.0 Å². The minimum absolute atomic E-state index is 0.608. The number of carbonyl (C=O) groups excluding carboxylic acids is 4. The molecule has 0 aliphatic carbocycles. The van der Waals surface area contributed by atoms with E-state index in [1.54, 1.807) is 0 Å². The first-order chi connectivity index (χ1) is 11.5. The molecular weight excluding hydrogens is 338 g/mol. The number of nitrogens with two attached hydrogens (primary N) is 2. The molecule has 0 saturated heterocycles. The van der Waals surface area contributed by atoms with Crippen LogP contribution in [0, 0.1) is 0 Å². The Bertz CT molecular complexity index is 537. The number of aliphatic carboxylic acids is 1. The molecule has 0 aromatic rings. The largest absolute Gasteiger partial charge is 0.480 e. The smallest absolute Gasteiger partial charge is 0.325 e. The molecule has 0 aromatic carbocycles. The second-order valence-corrected chi connectivity index (χ2v) is 5.33. The molecule has 4 atom stereocenters. The van der Waals surface area contributed by atoms with Gasteiger partial charge in [-0.3, -0.25) is 24.0 Å². The van der Waals surface area contributed by atoms with Crippen molar-refractivity contribution in [1.29, 1.82) is 0 Å². The third-order valence-corrected chi connectivity index (χ3v) is 3.00. The fraction of sp³-hybridized carbons (Fsp3) is 0.615. The van der Waals surface area contributed by atoms with Crippen LogP contribution in [0.3, 0.4) is 0 Å². The van der Waals surface area contributed by atoms with Gasteiger partial charge in [-0.15, -0.1) is 0 Å². The van der Waals surface area contributed by atoms with E-state index in [1.165, 1.54) is 13.8 Å². The summed E-state index contributed by atoms with van der Waals surface area (Å²) >= 11 is 0. The van der Waals surface area contributed by atoms with E-state index in [0.29, 0.717) is 0 Å². The van der Waals surface area contributed by atoms with E-state index in [-0.39, 0.29) is 0 Å². The number of nitrogens with one attached hydrogen (secondary N) is 3. The van der Waals surface area contributed by atoms with E-state index >= 15 is 0 Å². The first-order valence-corrected chi connectivity index (χ1v) is 7.28. The number of amides is 4. The Balaban J connectivity index is 5.07. The highest BCUT2D eigenvalue weighted by molar-refractivity contribution is 5.96. The van der Waals surface area contributed by atoms with Gasteiger partial charge in [0.05, 0.1) is 19.1 Å². The van der Waals surface area contributed by atoms with Crippen LogP contribution in [0.1, 0.15) is 20.3 Å². The second-order valence-electron chi connectivity index (χ2n) is 5.33. The molecule has 0 aliphatic rings. The third-order valence-electron chi connectivity index (χ3n) is 3.00. The molecule has 0 radical (unpaired) electrons. The summed E-state index contributed by atoms with van der Waals surface area (Å²) in [5.41, 5.74) is 10.3. The van der Waals surface area contributed by atoms with Crippen LogP contribution in [0.25, 0.3) is 0 Å². The van der Waals surface area contributed by atoms with Crippen LogP contribution >= 0.6 is 0 Å². The molecule has 9 N–H and O–H groups in total. The van der Waals surface area contributed by atoms with Crippen molar-refractivity contribution in [3.05, 3.63) is 0 Å². The van der Waals surface area contributed by atoms with Crippen LogP contribution < -0.4 is 27.4 Å². The van der Waals surface area contributed by atoms with Crippen LogP contribution in [-0.4, -0.2) is 70.6 Å². The Kier molecular flexibility index (Phi) is 9.09. The average molecular weight is 361 g/mol. The van der Waals surface area contributed by atoms with Crippen molar-refractivity contribution in [2.75, 3.05) is 6.61 Å². The summed E-state index contributed by atoms with van der Waals surface area (Å²) in [4.78, 5) is 57.4. The molecule has 142 valence electrons. The van der Waals surface area contributed by atoms with Gasteiger partial charge in [-0.2, -0.15) is 0 Å². The monoisotopic (exact) mass is 361 g/mol. The van der Waals surface area contributed by atoms with Gasteiger partial charge in [0.15, 0.2) is 0 Å². The topological polar surface area (TPSA) is 214 Å². The number of rotatable bonds is 10. The molecule has 25 heavy (non-hydrogen) atoms. The number of hydrogen-bond donors (Lipinski definition) is 7. The van der Waals surface area contributed by atoms with Crippen molar-refractivity contribution in [2.45, 2.75) is 44.4 Å². The molecule has 0 rings (SSSR count). The van der Waals surface area contributed by atoms with E-state index in [1.807, 2.05) is 0 Å². The SMILES string of the molecule is C[C@H](N)C(=O)N[C@@H](CO)C(=O)N[C@@H](CC(N)=O)C(=O)N[C@@H](C)C(=O)O. The Morgan fingerprint density at radius 3 is 1.80 bits per heavy atom. The highest BCUT2D eigenvalue weighted by Gasteiger charge is 2.29. The summed E-state index contributed by atoms with van der Waals surface area (Å²) < 4.78 is 0. The average Bonchev–Trinajstić information content (AvgIpc) is 2.50. The van der Waals surface area contributed by atoms with Gasteiger partial charge in [-0.1, -0.05) is 0 Å². The highest BCUT2D eigenvalue weighted by atomic mass is 16.4. The molecule has 0 bridgehead atoms. The van der Waals surface area contributed by atoms with E-state index in [0.717, 1.165) is 0 Å². The fourth-order valence-electron chi connectivity index (χ4n) is 1.56. The molecule has 0 unspecified atom stereocenters. The lowest BCUT2D eigenvalue weighted by Gasteiger charge is -2.22. The lowest BCUT2D eigenvalue weighted by molar-refractivity contribution is -0.142. The van der Waals surface area contributed by atoms with Gasteiger partial charge in [0.1, 0.15) is 18.1 Å². The van der Waals surface area contributed by atoms with Gasteiger partial charge in [0.2, 0.25) is 23.6 Å². The molecule has 0 saturated carbocycles. The Labute approximate surface area is 143 Å². The Morgan fingerprint density at radius 1 is 0.920 bits per heavy atom. The predicted octanol–water partition coefficient (Wildman–Crippen LogP) is -4.24. The summed E-state index contributed by atoms with van der Waals surface area (Å²) in [6.45, 7) is 1.75. The van der Waals surface area contributed by atoms with Crippen molar-refractivity contribution in [3.8, 4) is 0 Å². The van der Waals surface area contributed by atoms with Crippen molar-refractivity contribution in [1.82, 2.24) is 16.0 Å². The molecule has 0 heterocycles. The molecular formula is C13H23N5O7. The second kappa shape index (κ2) is 10.2. The lowest BCUT2D eigenvalue weighted by atomic mass is 10.1. The van der Waals surface area contributed by atoms with Crippen LogP contribution in [0.2, 0.25) is 0 Å². The predicted molar refractivity (Wildman–Crippen MR) is 83.6 cm³/mol. The van der Waals surface area contributed by atoms with Gasteiger partial charge in [-0.05, 0) is 13.8 Å². The third kappa shape index (κ3) is 8.08. The number of carboxylic acid groups (broad SMARTS) is 1. The van der Waals surface area contributed by atoms with Gasteiger partial charge in [-0.25, -0.2) is 0 Å². The fourth-order valence-corrected chi connectivity index (χ4v) is 1.56. The number of hydrogen-bond acceptors (Lipinski definition) is 7. The summed E-state index contributed by atoms with van der Waals surface area (Å²) in [7, 11) is 0. The quantitative estimate of drug-likeness (QED) is 0.202. The molecule has 0 fully saturated rings. The van der Waals surface area contributed by atoms with E-state index in [4.69, 9.17) is 16.6 Å². The minimum atomic E-state index is -1.48. The number of carbonyl (C=O) groups is 5. The molecule has 0 spiro atoms. The maximum Gasteiger partial charge on any atom is 0.325 e. The van der Waals surface area contributed by atoms with Gasteiger partial charge < -0.3 is 37.6 Å². The van der Waals surface area contributed by atoms with Crippen molar-refractivity contribution in [3.63, 3.8) is 0 Å². The zero-order chi connectivity index (χ0) is 19.7. The first kappa shape index (κ1) is 22.3. The van der Waals surface area contributed by atoms with E-state index in [9.17, 15) is 29.1 Å². The van der Waals surface area contributed by atoms with Crippen LogP contribution in [0.5, 0.6) is 0 Å². The summed E-state index contributed by atoms with van der Waals surface area (Å²) in [5, 5.41) is 24.3. The van der Waals surface area contributed by atoms with Crippen LogP contribution in [0.15, 0.2) is 0 Å². The van der Waals surface area contributed by atoms with E-state index < -0.39 is 66.8 Å². The standard InChI is InChI=1S/C13H23N5O7/c1-5(14)10(21)18-8(4-19)12(23)17-7(3-9(15)20)11(22)16-6(2)13(24)25/h5-8,19H,3-4,14H2,1-2H3,(H2,15,20)(H,16,22)(H,17,23)(H,18,21)(H,24,25)/t5-,6-,7-,8-/m0/s1. The number of primary amides is 1. The van der Waals surface area contributed by atoms with Gasteiger partial charge in [0.25, 0.3) is 0 Å². The summed E-state index contributed by atoms with van der Waals surface area (Å²) in [6.07, 6.45) is -0.608. The number of aliphatic hydroxyl groups is 1. The summed E-state index contributed by atoms with van der Waals surface area (Å²) in [6, 6.07) is -5.11. The van der Waals surface area contributed by atoms with Crippen molar-refractivity contribution >= 4 is 29.6 Å². The minimum Gasteiger partial charge on any atom is -0.480 e. The number of carboxylic acids is 1. The van der Waals surface area contributed by atoms with Crippen LogP contribution in [0.4, 0.5) is 0 Å². The maximum atomic E-state index is 12.1. The van der Waals surface area contributed by atoms with Gasteiger partial charge >= 0.3 is 5.97 Å². The number of aliphatic hydroxyl groups excluding tert-OH is 1. The van der Waals surface area contributed by atoms with Crippen molar-refractivity contribution < 1.29 is 34.2 Å². The molecule has 4 amide bonds. The van der Waals surface area contributed by atoms with E-state index in [2.05, 4.69) is 16.0 Å². The lowest BCUT2D eigenvalue weighted by Crippen LogP contribution is -2.58. The zero-order valence-corrected chi connectivity index (χ0v) is 13.8. The zero-order valence-electron chi connectivity index (χ0n) is 13.8. The highest BCUT2D eigenvalue weighted by Crippen LogP contribution is 1.97. The molecule has 12 nitrogen and oxygen atoms in total. The normalized spacial score (nSPS) is 15.2. The molecule has 0 aliphatic heterocycles. The summed E-state index contributed by atoms with van der Waals surface area (Å²) in [5.74, 6) is -4.90. The van der Waals surface area contributed by atoms with Gasteiger partial charge in [0, 0.05) is 0 Å². The molecule has 0 aromatic heterocycles. The van der Waals surface area contributed by atoms with Crippen molar-refractivity contribution in [2.24, 2.45) is 11.5 Å². The first-order valence-electron chi connectivity index (χ1n) is 7.28. The Hall–Kier alpha value is -2.73.